The molecule has 0 aliphatic rings. The summed E-state index contributed by atoms with van der Waals surface area (Å²) < 4.78 is 0. The van der Waals surface area contributed by atoms with Gasteiger partial charge in [0.25, 0.3) is 5.13 Å². The van der Waals surface area contributed by atoms with E-state index in [9.17, 15) is 5.11 Å². The average molecular weight is 363 g/mol. The van der Waals surface area contributed by atoms with Crippen LogP contribution in [0.5, 0.6) is 5.75 Å². The molecule has 0 unspecified atom stereocenters. The minimum atomic E-state index is -0.162. The van der Waals surface area contributed by atoms with Gasteiger partial charge in [-0.25, -0.2) is 0 Å². The molecule has 0 saturated heterocycles. The molecule has 0 bridgehead atoms. The predicted molar refractivity (Wildman–Crippen MR) is 83.0 cm³/mol. The summed E-state index contributed by atoms with van der Waals surface area (Å²) in [6.07, 6.45) is 0. The van der Waals surface area contributed by atoms with Gasteiger partial charge < -0.3 is 10.0 Å². The molecule has 1 heterocycles. The molecule has 22 heavy (non-hydrogen) atoms. The van der Waals surface area contributed by atoms with Gasteiger partial charge in [-0.1, -0.05) is 37.9 Å². The van der Waals surface area contributed by atoms with E-state index in [4.69, 9.17) is 0 Å². The molecular formula is C14H18N5NiOS+. The summed E-state index contributed by atoms with van der Waals surface area (Å²) in [7, 11) is 3.76. The van der Waals surface area contributed by atoms with Gasteiger partial charge in [-0.15, -0.1) is 20.4 Å². The summed E-state index contributed by atoms with van der Waals surface area (Å²) in [5, 5.41) is 29.3. The molecule has 0 amide bonds. The normalized spacial score (nSPS) is 11.5. The fourth-order valence-electron chi connectivity index (χ4n) is 1.52. The van der Waals surface area contributed by atoms with E-state index in [0.29, 0.717) is 10.8 Å². The third-order valence-electron chi connectivity index (χ3n) is 2.76. The minimum Gasteiger partial charge on any atom is -0.871 e. The number of aromatic nitrogens is 2. The van der Waals surface area contributed by atoms with Gasteiger partial charge >= 0.3 is 16.5 Å². The molecule has 0 aliphatic heterocycles. The van der Waals surface area contributed by atoms with Gasteiger partial charge in [-0.2, -0.15) is 0 Å². The fraction of sp³-hybridized carbons (Fsp3) is 0.429. The maximum absolute atomic E-state index is 11.9. The van der Waals surface area contributed by atoms with Gasteiger partial charge in [0.2, 0.25) is 0 Å². The van der Waals surface area contributed by atoms with Gasteiger partial charge in [0.05, 0.1) is 5.69 Å². The van der Waals surface area contributed by atoms with Crippen molar-refractivity contribution in [3.8, 4) is 5.75 Å². The first kappa shape index (κ1) is 18.5. The quantitative estimate of drug-likeness (QED) is 0.619. The molecule has 0 radical (unpaired) electrons. The molecule has 6 nitrogen and oxygen atoms in total. The molecule has 2 rings (SSSR count). The maximum atomic E-state index is 11.9. The molecule has 0 saturated carbocycles. The molecule has 2 aromatic rings. The van der Waals surface area contributed by atoms with Crippen LogP contribution in [0.2, 0.25) is 0 Å². The Kier molecular flexibility index (Phi) is 6.03. The van der Waals surface area contributed by atoms with Crippen LogP contribution >= 0.6 is 11.3 Å². The minimum absolute atomic E-state index is 0. The molecule has 120 valence electrons. The second-order valence-corrected chi connectivity index (χ2v) is 6.84. The molecule has 1 aromatic carbocycles. The predicted octanol–water partition coefficient (Wildman–Crippen LogP) is 3.39. The summed E-state index contributed by atoms with van der Waals surface area (Å²) in [5.41, 5.74) is 1.07. The van der Waals surface area contributed by atoms with Gasteiger partial charge in [0.15, 0.2) is 0 Å². The number of hydrogen-bond acceptors (Lipinski definition) is 7. The molecule has 0 spiro atoms. The van der Waals surface area contributed by atoms with Gasteiger partial charge in [0, 0.05) is 25.2 Å². The van der Waals surface area contributed by atoms with Gasteiger partial charge in [-0.05, 0) is 18.2 Å². The van der Waals surface area contributed by atoms with Crippen LogP contribution in [0, 0.1) is 0 Å². The van der Waals surface area contributed by atoms with Gasteiger partial charge in [-0.3, -0.25) is 0 Å². The Labute approximate surface area is 144 Å². The van der Waals surface area contributed by atoms with Gasteiger partial charge in [0.1, 0.15) is 5.01 Å². The Morgan fingerprint density at radius 1 is 1.14 bits per heavy atom. The second kappa shape index (κ2) is 7.16. The molecule has 0 aliphatic carbocycles. The second-order valence-electron chi connectivity index (χ2n) is 5.89. The van der Waals surface area contributed by atoms with E-state index in [1.54, 1.807) is 6.07 Å². The molecule has 0 N–H and O–H groups in total. The first-order chi connectivity index (χ1) is 9.77. The average Bonchev–Trinajstić information content (AvgIpc) is 2.85. The molecular weight excluding hydrogens is 345 g/mol. The van der Waals surface area contributed by atoms with Crippen LogP contribution in [0.15, 0.2) is 28.4 Å². The van der Waals surface area contributed by atoms with Crippen LogP contribution in [0.1, 0.15) is 25.8 Å². The zero-order valence-electron chi connectivity index (χ0n) is 13.1. The number of hydrogen-bond donors (Lipinski definition) is 0. The molecule has 0 fully saturated rings. The first-order valence-corrected chi connectivity index (χ1v) is 7.33. The summed E-state index contributed by atoms with van der Waals surface area (Å²) in [4.78, 5) is 1.86. The SMILES string of the molecule is CN(C)c1ccc(N=Nc2nnc(C(C)(C)C)s2)c([O-])c1.[Ni+2]. The zero-order chi connectivity index (χ0) is 15.6. The Morgan fingerprint density at radius 2 is 1.82 bits per heavy atom. The number of anilines is 1. The van der Waals surface area contributed by atoms with Crippen molar-refractivity contribution < 1.29 is 21.6 Å². The van der Waals surface area contributed by atoms with Crippen molar-refractivity contribution in [2.24, 2.45) is 10.2 Å². The van der Waals surface area contributed by atoms with Crippen molar-refractivity contribution in [2.75, 3.05) is 19.0 Å². The smallest absolute Gasteiger partial charge is 0.871 e. The van der Waals surface area contributed by atoms with Crippen molar-refractivity contribution in [3.05, 3.63) is 23.2 Å². The van der Waals surface area contributed by atoms with Crippen LogP contribution in [-0.2, 0) is 21.9 Å². The molecule has 1 aromatic heterocycles. The Morgan fingerprint density at radius 3 is 2.32 bits per heavy atom. The van der Waals surface area contributed by atoms with E-state index in [0.717, 1.165) is 10.7 Å². The number of rotatable bonds is 3. The van der Waals surface area contributed by atoms with Crippen molar-refractivity contribution in [2.45, 2.75) is 26.2 Å². The number of azo groups is 1. The standard InChI is InChI=1S/C14H19N5OS.Ni/c1-14(2,3)12-16-18-13(21-12)17-15-10-7-6-9(19(4)5)8-11(10)20;/h6-8,20H,1-5H3;/q;+2/p-1. The summed E-state index contributed by atoms with van der Waals surface area (Å²) >= 11 is 1.38. The van der Waals surface area contributed by atoms with Crippen LogP contribution in [0.25, 0.3) is 0 Å². The Hall–Kier alpha value is -1.53. The van der Waals surface area contributed by atoms with Crippen molar-refractivity contribution >= 4 is 27.8 Å². The Balaban J connectivity index is 0.00000242. The van der Waals surface area contributed by atoms with E-state index in [1.807, 2.05) is 25.1 Å². The van der Waals surface area contributed by atoms with E-state index < -0.39 is 0 Å². The topological polar surface area (TPSA) is 76.8 Å². The van der Waals surface area contributed by atoms with Crippen molar-refractivity contribution in [1.82, 2.24) is 10.2 Å². The van der Waals surface area contributed by atoms with Crippen LogP contribution in [0.4, 0.5) is 16.5 Å². The van der Waals surface area contributed by atoms with Crippen LogP contribution < -0.4 is 10.0 Å². The summed E-state index contributed by atoms with van der Waals surface area (Å²) in [5.74, 6) is -0.162. The first-order valence-electron chi connectivity index (χ1n) is 6.51. The molecule has 8 heteroatoms. The van der Waals surface area contributed by atoms with Crippen molar-refractivity contribution in [1.29, 1.82) is 0 Å². The van der Waals surface area contributed by atoms with E-state index in [1.165, 1.54) is 17.4 Å². The van der Waals surface area contributed by atoms with Crippen molar-refractivity contribution in [3.63, 3.8) is 0 Å². The van der Waals surface area contributed by atoms with E-state index in [2.05, 4.69) is 41.2 Å². The monoisotopic (exact) mass is 362 g/mol. The largest absolute Gasteiger partial charge is 2.00 e. The number of nitrogens with zero attached hydrogens (tertiary/aromatic N) is 5. The fourth-order valence-corrected chi connectivity index (χ4v) is 2.24. The summed E-state index contributed by atoms with van der Waals surface area (Å²) in [6, 6.07) is 5.03. The zero-order valence-corrected chi connectivity index (χ0v) is 14.9. The van der Waals surface area contributed by atoms with Crippen LogP contribution in [0.3, 0.4) is 0 Å². The summed E-state index contributed by atoms with van der Waals surface area (Å²) in [6.45, 7) is 6.18. The third kappa shape index (κ3) is 4.48. The van der Waals surface area contributed by atoms with E-state index >= 15 is 0 Å². The number of benzene rings is 1. The maximum Gasteiger partial charge on any atom is 2.00 e. The third-order valence-corrected chi connectivity index (χ3v) is 3.99. The van der Waals surface area contributed by atoms with Crippen LogP contribution in [-0.4, -0.2) is 24.3 Å². The van der Waals surface area contributed by atoms with E-state index in [-0.39, 0.29) is 27.7 Å². The Bertz CT molecular complexity index is 663. The molecule has 0 atom stereocenters.